The highest BCUT2D eigenvalue weighted by Crippen LogP contribution is 2.25. The topological polar surface area (TPSA) is 83.3 Å². The average Bonchev–Trinajstić information content (AvgIpc) is 3.40. The molecular weight excluding hydrogens is 481 g/mol. The van der Waals surface area contributed by atoms with E-state index in [0.717, 1.165) is 54.7 Å². The van der Waals surface area contributed by atoms with Crippen molar-refractivity contribution < 1.29 is 13.7 Å². The van der Waals surface area contributed by atoms with Crippen molar-refractivity contribution in [1.29, 1.82) is 0 Å². The van der Waals surface area contributed by atoms with Gasteiger partial charge >= 0.3 is 6.03 Å². The van der Waals surface area contributed by atoms with Gasteiger partial charge in [0.2, 0.25) is 11.7 Å². The minimum absolute atomic E-state index is 0.149. The Morgan fingerprint density at radius 3 is 2.71 bits per heavy atom. The normalized spacial score (nSPS) is 15.8. The third kappa shape index (κ3) is 6.63. The van der Waals surface area contributed by atoms with E-state index in [1.165, 1.54) is 6.07 Å². The lowest BCUT2D eigenvalue weighted by molar-refractivity contribution is 0.160. The van der Waals surface area contributed by atoms with E-state index in [0.29, 0.717) is 36.3 Å². The van der Waals surface area contributed by atoms with Gasteiger partial charge in [0, 0.05) is 37.3 Å². The Hall–Kier alpha value is -4.04. The van der Waals surface area contributed by atoms with Crippen molar-refractivity contribution in [2.24, 2.45) is 5.92 Å². The second-order valence-corrected chi connectivity index (χ2v) is 9.85. The van der Waals surface area contributed by atoms with Crippen molar-refractivity contribution in [2.45, 2.75) is 39.3 Å². The molecule has 1 aromatic heterocycles. The second-order valence-electron chi connectivity index (χ2n) is 9.85. The van der Waals surface area contributed by atoms with Crippen molar-refractivity contribution in [3.63, 3.8) is 0 Å². The monoisotopic (exact) mass is 513 g/mol. The Kier molecular flexibility index (Phi) is 8.09. The molecule has 2 amide bonds. The third-order valence-electron chi connectivity index (χ3n) is 7.01. The quantitative estimate of drug-likeness (QED) is 0.304. The Bertz CT molecular complexity index is 1360. The van der Waals surface area contributed by atoms with E-state index >= 15 is 0 Å². The molecular formula is C30H32FN5O2. The summed E-state index contributed by atoms with van der Waals surface area (Å²) in [4.78, 5) is 19.2. The summed E-state index contributed by atoms with van der Waals surface area (Å²) in [7, 11) is 0. The van der Waals surface area contributed by atoms with Gasteiger partial charge in [-0.25, -0.2) is 9.18 Å². The van der Waals surface area contributed by atoms with Crippen LogP contribution in [0.15, 0.2) is 77.3 Å². The number of urea groups is 1. The third-order valence-corrected chi connectivity index (χ3v) is 7.01. The molecule has 0 bridgehead atoms. The minimum atomic E-state index is -0.266. The SMILES string of the molecule is Cc1c(F)cccc1CN1CCCC(Cc2nc(-c3ccc(NC(=O)NCc4ccccc4)cc3)no2)C1. The van der Waals surface area contributed by atoms with E-state index in [1.54, 1.807) is 6.07 Å². The first kappa shape index (κ1) is 25.6. The van der Waals surface area contributed by atoms with Crippen LogP contribution in [0.3, 0.4) is 0 Å². The number of hydrogen-bond acceptors (Lipinski definition) is 5. The molecule has 196 valence electrons. The molecule has 5 rings (SSSR count). The summed E-state index contributed by atoms with van der Waals surface area (Å²) in [5, 5.41) is 9.86. The van der Waals surface area contributed by atoms with Gasteiger partial charge in [0.15, 0.2) is 0 Å². The predicted octanol–water partition coefficient (Wildman–Crippen LogP) is 5.96. The van der Waals surface area contributed by atoms with Crippen molar-refractivity contribution in [3.8, 4) is 11.4 Å². The van der Waals surface area contributed by atoms with E-state index in [1.807, 2.05) is 67.6 Å². The van der Waals surface area contributed by atoms with Crippen LogP contribution in [0.2, 0.25) is 0 Å². The van der Waals surface area contributed by atoms with Crippen molar-refractivity contribution in [1.82, 2.24) is 20.4 Å². The van der Waals surface area contributed by atoms with E-state index in [-0.39, 0.29) is 11.8 Å². The van der Waals surface area contributed by atoms with Gasteiger partial charge in [-0.15, -0.1) is 0 Å². The molecule has 3 aromatic carbocycles. The number of anilines is 1. The molecule has 1 aliphatic heterocycles. The summed E-state index contributed by atoms with van der Waals surface area (Å²) in [6, 6.07) is 22.2. The molecule has 1 fully saturated rings. The van der Waals surface area contributed by atoms with Gasteiger partial charge in [0.05, 0.1) is 0 Å². The maximum atomic E-state index is 13.9. The predicted molar refractivity (Wildman–Crippen MR) is 145 cm³/mol. The lowest BCUT2D eigenvalue weighted by atomic mass is 9.94. The minimum Gasteiger partial charge on any atom is -0.339 e. The molecule has 2 N–H and O–H groups in total. The zero-order chi connectivity index (χ0) is 26.3. The Morgan fingerprint density at radius 1 is 1.08 bits per heavy atom. The number of nitrogens with zero attached hydrogens (tertiary/aromatic N) is 3. The molecule has 38 heavy (non-hydrogen) atoms. The van der Waals surface area contributed by atoms with Gasteiger partial charge < -0.3 is 15.2 Å². The Balaban J connectivity index is 1.13. The van der Waals surface area contributed by atoms with Crippen LogP contribution in [-0.4, -0.2) is 34.2 Å². The fourth-order valence-electron chi connectivity index (χ4n) is 4.88. The average molecular weight is 514 g/mol. The van der Waals surface area contributed by atoms with Crippen molar-refractivity contribution in [3.05, 3.63) is 101 Å². The van der Waals surface area contributed by atoms with Crippen molar-refractivity contribution >= 4 is 11.7 Å². The molecule has 0 saturated carbocycles. The lowest BCUT2D eigenvalue weighted by Gasteiger charge is -2.32. The van der Waals surface area contributed by atoms with Crippen LogP contribution >= 0.6 is 0 Å². The smallest absolute Gasteiger partial charge is 0.319 e. The summed E-state index contributed by atoms with van der Waals surface area (Å²) in [6.45, 7) is 4.97. The summed E-state index contributed by atoms with van der Waals surface area (Å²) >= 11 is 0. The van der Waals surface area contributed by atoms with Gasteiger partial charge in [-0.1, -0.05) is 47.6 Å². The number of carbonyl (C=O) groups excluding carboxylic acids is 1. The molecule has 2 heterocycles. The molecule has 4 aromatic rings. The zero-order valence-corrected chi connectivity index (χ0v) is 21.5. The van der Waals surface area contributed by atoms with Gasteiger partial charge in [-0.2, -0.15) is 4.98 Å². The Morgan fingerprint density at radius 2 is 1.89 bits per heavy atom. The number of hydrogen-bond donors (Lipinski definition) is 2. The molecule has 1 saturated heterocycles. The highest BCUT2D eigenvalue weighted by molar-refractivity contribution is 5.89. The molecule has 7 nitrogen and oxygen atoms in total. The van der Waals surface area contributed by atoms with Gasteiger partial charge in [0.25, 0.3) is 0 Å². The highest BCUT2D eigenvalue weighted by atomic mass is 19.1. The van der Waals surface area contributed by atoms with Crippen LogP contribution in [0.1, 0.15) is 35.4 Å². The largest absolute Gasteiger partial charge is 0.339 e. The fraction of sp³-hybridized carbons (Fsp3) is 0.300. The number of nitrogens with one attached hydrogen (secondary N) is 2. The van der Waals surface area contributed by atoms with Gasteiger partial charge in [-0.05, 0) is 79.3 Å². The van der Waals surface area contributed by atoms with Crippen LogP contribution in [0.25, 0.3) is 11.4 Å². The van der Waals surface area contributed by atoms with E-state index in [9.17, 15) is 9.18 Å². The maximum Gasteiger partial charge on any atom is 0.319 e. The first-order valence-corrected chi connectivity index (χ1v) is 13.0. The van der Waals surface area contributed by atoms with Crippen molar-refractivity contribution in [2.75, 3.05) is 18.4 Å². The first-order chi connectivity index (χ1) is 18.5. The van der Waals surface area contributed by atoms with Crippen LogP contribution in [0.5, 0.6) is 0 Å². The summed E-state index contributed by atoms with van der Waals surface area (Å²) in [5.74, 6) is 1.41. The molecule has 0 aliphatic carbocycles. The maximum absolute atomic E-state index is 13.9. The fourth-order valence-corrected chi connectivity index (χ4v) is 4.88. The number of likely N-dealkylation sites (tertiary alicyclic amines) is 1. The van der Waals surface area contributed by atoms with Crippen LogP contribution < -0.4 is 10.6 Å². The summed E-state index contributed by atoms with van der Waals surface area (Å²) < 4.78 is 19.5. The van der Waals surface area contributed by atoms with Gasteiger partial charge in [0.1, 0.15) is 5.82 Å². The summed E-state index contributed by atoms with van der Waals surface area (Å²) in [6.07, 6.45) is 2.91. The highest BCUT2D eigenvalue weighted by Gasteiger charge is 2.23. The Labute approximate surface area is 222 Å². The lowest BCUT2D eigenvalue weighted by Crippen LogP contribution is -2.36. The molecule has 0 radical (unpaired) electrons. The number of rotatable bonds is 8. The standard InChI is InChI=1S/C30H32FN5O2/c1-21-25(10-5-11-27(21)31)20-36-16-6-9-23(19-36)17-28-34-29(35-38-28)24-12-14-26(15-13-24)33-30(37)32-18-22-7-3-2-4-8-22/h2-5,7-8,10-15,23H,6,9,16-20H2,1H3,(H2,32,33,37). The number of amides is 2. The molecule has 0 spiro atoms. The van der Waals surface area contributed by atoms with E-state index in [4.69, 9.17) is 4.52 Å². The number of piperidine rings is 1. The number of aromatic nitrogens is 2. The number of halogens is 1. The summed E-state index contributed by atoms with van der Waals surface area (Å²) in [5.41, 5.74) is 4.30. The van der Waals surface area contributed by atoms with Crippen LogP contribution in [0.4, 0.5) is 14.9 Å². The molecule has 1 unspecified atom stereocenters. The second kappa shape index (κ2) is 12.0. The molecule has 8 heteroatoms. The first-order valence-electron chi connectivity index (χ1n) is 13.0. The number of carbonyl (C=O) groups is 1. The van der Waals surface area contributed by atoms with Crippen LogP contribution in [-0.2, 0) is 19.5 Å². The van der Waals surface area contributed by atoms with E-state index < -0.39 is 0 Å². The van der Waals surface area contributed by atoms with E-state index in [2.05, 4.69) is 25.7 Å². The van der Waals surface area contributed by atoms with Crippen LogP contribution in [0, 0.1) is 18.7 Å². The molecule has 1 aliphatic rings. The molecule has 1 atom stereocenters. The number of benzene rings is 3. The van der Waals surface area contributed by atoms with Gasteiger partial charge in [-0.3, -0.25) is 4.90 Å². The zero-order valence-electron chi connectivity index (χ0n) is 21.5.